The zero-order valence-electron chi connectivity index (χ0n) is 12.3. The number of aryl methyl sites for hydroxylation is 1. The van der Waals surface area contributed by atoms with E-state index in [-0.39, 0.29) is 5.91 Å². The normalized spacial score (nSPS) is 10.7. The molecular formula is C17H15ClN2O2S. The number of amides is 1. The van der Waals surface area contributed by atoms with Gasteiger partial charge >= 0.3 is 0 Å². The monoisotopic (exact) mass is 346 g/mol. The summed E-state index contributed by atoms with van der Waals surface area (Å²) < 4.78 is 5.68. The minimum absolute atomic E-state index is 0.00959. The molecule has 23 heavy (non-hydrogen) atoms. The Morgan fingerprint density at radius 1 is 1.26 bits per heavy atom. The number of rotatable bonds is 6. The Kier molecular flexibility index (Phi) is 5.10. The van der Waals surface area contributed by atoms with Gasteiger partial charge < -0.3 is 9.73 Å². The number of carbonyl (C=O) groups is 1. The molecule has 1 aromatic carbocycles. The standard InChI is InChI=1S/C17H15ClN2O2S/c18-13-5-3-12(4-6-13)15-11-20-17(22-15)8-7-16(21)19-10-14-2-1-9-23-14/h1-6,9,11H,7-8,10H2,(H,19,21). The second kappa shape index (κ2) is 7.44. The highest BCUT2D eigenvalue weighted by molar-refractivity contribution is 7.09. The van der Waals surface area contributed by atoms with Gasteiger partial charge in [-0.2, -0.15) is 0 Å². The third-order valence-electron chi connectivity index (χ3n) is 3.29. The van der Waals surface area contributed by atoms with E-state index in [4.69, 9.17) is 16.0 Å². The minimum atomic E-state index is -0.00959. The maximum atomic E-state index is 11.8. The van der Waals surface area contributed by atoms with E-state index in [9.17, 15) is 4.79 Å². The molecule has 0 radical (unpaired) electrons. The van der Waals surface area contributed by atoms with Crippen molar-refractivity contribution in [2.45, 2.75) is 19.4 Å². The zero-order valence-corrected chi connectivity index (χ0v) is 13.9. The summed E-state index contributed by atoms with van der Waals surface area (Å²) in [6, 6.07) is 11.3. The van der Waals surface area contributed by atoms with Crippen molar-refractivity contribution < 1.29 is 9.21 Å². The first kappa shape index (κ1) is 15.8. The number of benzene rings is 1. The first-order chi connectivity index (χ1) is 11.2. The summed E-state index contributed by atoms with van der Waals surface area (Å²) in [5.41, 5.74) is 0.912. The Hall–Kier alpha value is -2.11. The van der Waals surface area contributed by atoms with Gasteiger partial charge in [-0.3, -0.25) is 4.79 Å². The number of nitrogens with one attached hydrogen (secondary N) is 1. The molecule has 0 aliphatic rings. The number of thiophene rings is 1. The van der Waals surface area contributed by atoms with Crippen molar-refractivity contribution >= 4 is 28.8 Å². The van der Waals surface area contributed by atoms with Crippen LogP contribution in [0.25, 0.3) is 11.3 Å². The van der Waals surface area contributed by atoms with Gasteiger partial charge in [-0.05, 0) is 35.7 Å². The number of hydrogen-bond acceptors (Lipinski definition) is 4. The van der Waals surface area contributed by atoms with Crippen LogP contribution < -0.4 is 5.32 Å². The van der Waals surface area contributed by atoms with Crippen LogP contribution in [0.3, 0.4) is 0 Å². The lowest BCUT2D eigenvalue weighted by Gasteiger charge is -2.02. The smallest absolute Gasteiger partial charge is 0.220 e. The first-order valence-electron chi connectivity index (χ1n) is 7.20. The molecule has 6 heteroatoms. The molecule has 2 heterocycles. The molecule has 0 unspecified atom stereocenters. The largest absolute Gasteiger partial charge is 0.441 e. The van der Waals surface area contributed by atoms with Crippen LogP contribution in [0.1, 0.15) is 17.2 Å². The van der Waals surface area contributed by atoms with Crippen LogP contribution in [0.2, 0.25) is 5.02 Å². The Balaban J connectivity index is 1.50. The predicted octanol–water partition coefficient (Wildman–Crippen LogP) is 4.31. The Morgan fingerprint density at radius 3 is 2.83 bits per heavy atom. The molecule has 0 aliphatic carbocycles. The molecule has 1 N–H and O–H groups in total. The van der Waals surface area contributed by atoms with Crippen molar-refractivity contribution in [2.75, 3.05) is 0 Å². The zero-order chi connectivity index (χ0) is 16.1. The van der Waals surface area contributed by atoms with E-state index in [0.29, 0.717) is 36.1 Å². The average Bonchev–Trinajstić information content (AvgIpc) is 3.23. The first-order valence-corrected chi connectivity index (χ1v) is 8.46. The highest BCUT2D eigenvalue weighted by Gasteiger charge is 2.09. The van der Waals surface area contributed by atoms with Crippen LogP contribution in [0.5, 0.6) is 0 Å². The number of nitrogens with zero attached hydrogens (tertiary/aromatic N) is 1. The molecular weight excluding hydrogens is 332 g/mol. The fourth-order valence-electron chi connectivity index (χ4n) is 2.08. The summed E-state index contributed by atoms with van der Waals surface area (Å²) in [5, 5.41) is 5.56. The third kappa shape index (κ3) is 4.43. The maximum absolute atomic E-state index is 11.8. The predicted molar refractivity (Wildman–Crippen MR) is 91.4 cm³/mol. The molecule has 1 amide bonds. The molecule has 118 valence electrons. The lowest BCUT2D eigenvalue weighted by molar-refractivity contribution is -0.121. The molecule has 4 nitrogen and oxygen atoms in total. The van der Waals surface area contributed by atoms with Gasteiger partial charge in [0.05, 0.1) is 12.7 Å². The summed E-state index contributed by atoms with van der Waals surface area (Å²) in [5.74, 6) is 1.22. The van der Waals surface area contributed by atoms with E-state index in [1.165, 1.54) is 0 Å². The number of halogens is 1. The molecule has 0 bridgehead atoms. The lowest BCUT2D eigenvalue weighted by atomic mass is 10.2. The summed E-state index contributed by atoms with van der Waals surface area (Å²) in [6.45, 7) is 0.568. The average molecular weight is 347 g/mol. The number of hydrogen-bond donors (Lipinski definition) is 1. The van der Waals surface area contributed by atoms with Crippen LogP contribution in [0.15, 0.2) is 52.4 Å². The molecule has 0 fully saturated rings. The van der Waals surface area contributed by atoms with E-state index < -0.39 is 0 Å². The van der Waals surface area contributed by atoms with E-state index in [1.54, 1.807) is 29.7 Å². The molecule has 0 aliphatic heterocycles. The highest BCUT2D eigenvalue weighted by Crippen LogP contribution is 2.22. The quantitative estimate of drug-likeness (QED) is 0.723. The van der Waals surface area contributed by atoms with Gasteiger partial charge in [0.2, 0.25) is 5.91 Å². The molecule has 0 saturated carbocycles. The second-order valence-corrected chi connectivity index (χ2v) is 6.45. The van der Waals surface area contributed by atoms with E-state index in [1.807, 2.05) is 29.6 Å². The molecule has 3 aromatic rings. The van der Waals surface area contributed by atoms with Gasteiger partial charge in [0.15, 0.2) is 11.7 Å². The number of carbonyl (C=O) groups excluding carboxylic acids is 1. The van der Waals surface area contributed by atoms with Crippen LogP contribution >= 0.6 is 22.9 Å². The van der Waals surface area contributed by atoms with Crippen LogP contribution in [-0.2, 0) is 17.8 Å². The Bertz CT molecular complexity index is 766. The van der Waals surface area contributed by atoms with E-state index in [0.717, 1.165) is 10.4 Å². The summed E-state index contributed by atoms with van der Waals surface area (Å²) in [7, 11) is 0. The van der Waals surface area contributed by atoms with Crippen LogP contribution in [-0.4, -0.2) is 10.9 Å². The van der Waals surface area contributed by atoms with Gasteiger partial charge in [0.25, 0.3) is 0 Å². The second-order valence-electron chi connectivity index (χ2n) is 4.98. The topological polar surface area (TPSA) is 55.1 Å². The lowest BCUT2D eigenvalue weighted by Crippen LogP contribution is -2.22. The number of oxazole rings is 1. The van der Waals surface area contributed by atoms with Crippen molar-refractivity contribution in [1.29, 1.82) is 0 Å². The molecule has 3 rings (SSSR count). The van der Waals surface area contributed by atoms with Crippen molar-refractivity contribution in [2.24, 2.45) is 0 Å². The molecule has 0 saturated heterocycles. The van der Waals surface area contributed by atoms with Gasteiger partial charge in [-0.15, -0.1) is 11.3 Å². The van der Waals surface area contributed by atoms with Crippen molar-refractivity contribution in [1.82, 2.24) is 10.3 Å². The summed E-state index contributed by atoms with van der Waals surface area (Å²) in [6.07, 6.45) is 2.50. The van der Waals surface area contributed by atoms with Crippen LogP contribution in [0.4, 0.5) is 0 Å². The maximum Gasteiger partial charge on any atom is 0.220 e. The fraction of sp³-hybridized carbons (Fsp3) is 0.176. The Labute approximate surface area is 143 Å². The fourth-order valence-corrected chi connectivity index (χ4v) is 2.85. The minimum Gasteiger partial charge on any atom is -0.441 e. The molecule has 0 atom stereocenters. The Morgan fingerprint density at radius 2 is 2.09 bits per heavy atom. The SMILES string of the molecule is O=C(CCc1ncc(-c2ccc(Cl)cc2)o1)NCc1cccs1. The van der Waals surface area contributed by atoms with E-state index >= 15 is 0 Å². The van der Waals surface area contributed by atoms with Gasteiger partial charge in [0, 0.05) is 28.3 Å². The molecule has 2 aromatic heterocycles. The van der Waals surface area contributed by atoms with Gasteiger partial charge in [-0.25, -0.2) is 4.98 Å². The van der Waals surface area contributed by atoms with Crippen molar-refractivity contribution in [3.63, 3.8) is 0 Å². The summed E-state index contributed by atoms with van der Waals surface area (Å²) in [4.78, 5) is 17.2. The van der Waals surface area contributed by atoms with Crippen molar-refractivity contribution in [3.8, 4) is 11.3 Å². The number of aromatic nitrogens is 1. The third-order valence-corrected chi connectivity index (χ3v) is 4.42. The van der Waals surface area contributed by atoms with Crippen molar-refractivity contribution in [3.05, 3.63) is 63.8 Å². The highest BCUT2D eigenvalue weighted by atomic mass is 35.5. The van der Waals surface area contributed by atoms with Gasteiger partial charge in [0.1, 0.15) is 0 Å². The molecule has 0 spiro atoms. The van der Waals surface area contributed by atoms with E-state index in [2.05, 4.69) is 10.3 Å². The summed E-state index contributed by atoms with van der Waals surface area (Å²) >= 11 is 7.49. The van der Waals surface area contributed by atoms with Crippen LogP contribution in [0, 0.1) is 0 Å². The van der Waals surface area contributed by atoms with Gasteiger partial charge in [-0.1, -0.05) is 17.7 Å².